The van der Waals surface area contributed by atoms with E-state index >= 15 is 0 Å². The molecule has 1 atom stereocenters. The van der Waals surface area contributed by atoms with Gasteiger partial charge in [0.25, 0.3) is 0 Å². The Morgan fingerprint density at radius 1 is 1.42 bits per heavy atom. The molecule has 1 aliphatic rings. The number of unbranched alkanes of at least 4 members (excludes halogenated alkanes) is 1. The maximum Gasteiger partial charge on any atom is 0.0966 e. The predicted molar refractivity (Wildman–Crippen MR) is 53.7 cm³/mol. The number of amidine groups is 1. The minimum absolute atomic E-state index is 0.645. The van der Waals surface area contributed by atoms with Gasteiger partial charge in [-0.15, -0.1) is 0 Å². The standard InChI is InChI=1S/C10H20N2/c1-3-5-7-9-8-11-10(12-9)6-4-2/h9H,3-8H2,1-2H3,(H,11,12). The normalized spacial score (nSPS) is 22.2. The molecule has 0 fully saturated rings. The minimum atomic E-state index is 0.645. The fourth-order valence-electron chi connectivity index (χ4n) is 1.55. The second-order valence-electron chi connectivity index (χ2n) is 3.52. The Labute approximate surface area is 75.5 Å². The van der Waals surface area contributed by atoms with E-state index in [0.29, 0.717) is 6.04 Å². The van der Waals surface area contributed by atoms with Crippen molar-refractivity contribution in [2.75, 3.05) is 6.54 Å². The van der Waals surface area contributed by atoms with Crippen LogP contribution in [0.3, 0.4) is 0 Å². The first-order valence-corrected chi connectivity index (χ1v) is 5.16. The molecule has 0 spiro atoms. The smallest absolute Gasteiger partial charge is 0.0966 e. The van der Waals surface area contributed by atoms with Crippen molar-refractivity contribution in [2.24, 2.45) is 4.99 Å². The van der Waals surface area contributed by atoms with Crippen LogP contribution >= 0.6 is 0 Å². The summed E-state index contributed by atoms with van der Waals surface area (Å²) in [5.41, 5.74) is 0. The molecule has 70 valence electrons. The number of nitrogens with one attached hydrogen (secondary N) is 1. The van der Waals surface area contributed by atoms with Crippen LogP contribution in [0.2, 0.25) is 0 Å². The number of aliphatic imine (C=N–C) groups is 1. The molecule has 0 saturated carbocycles. The summed E-state index contributed by atoms with van der Waals surface area (Å²) < 4.78 is 0. The van der Waals surface area contributed by atoms with Crippen molar-refractivity contribution in [3.8, 4) is 0 Å². The maximum absolute atomic E-state index is 4.47. The van der Waals surface area contributed by atoms with Gasteiger partial charge in [-0.05, 0) is 12.8 Å². The van der Waals surface area contributed by atoms with Crippen LogP contribution in [-0.4, -0.2) is 18.4 Å². The van der Waals surface area contributed by atoms with E-state index in [-0.39, 0.29) is 0 Å². The third kappa shape index (κ3) is 2.84. The van der Waals surface area contributed by atoms with Crippen LogP contribution in [0.15, 0.2) is 4.99 Å². The van der Waals surface area contributed by atoms with Crippen molar-refractivity contribution in [1.29, 1.82) is 0 Å². The lowest BCUT2D eigenvalue weighted by atomic mass is 10.1. The average molecular weight is 168 g/mol. The SMILES string of the molecule is CCCCC1CN=C(CCC)N1. The molecule has 0 aromatic rings. The largest absolute Gasteiger partial charge is 0.369 e. The molecule has 0 bridgehead atoms. The van der Waals surface area contributed by atoms with E-state index in [1.54, 1.807) is 0 Å². The first-order chi connectivity index (χ1) is 5.86. The van der Waals surface area contributed by atoms with Gasteiger partial charge in [0.15, 0.2) is 0 Å². The molecule has 1 heterocycles. The van der Waals surface area contributed by atoms with Crippen molar-refractivity contribution < 1.29 is 0 Å². The van der Waals surface area contributed by atoms with Gasteiger partial charge in [0, 0.05) is 12.5 Å². The van der Waals surface area contributed by atoms with Crippen LogP contribution in [0.4, 0.5) is 0 Å². The summed E-state index contributed by atoms with van der Waals surface area (Å²) in [7, 11) is 0. The summed E-state index contributed by atoms with van der Waals surface area (Å²) in [6.07, 6.45) is 6.23. The molecule has 1 unspecified atom stereocenters. The molecule has 12 heavy (non-hydrogen) atoms. The number of rotatable bonds is 5. The Morgan fingerprint density at radius 2 is 2.25 bits per heavy atom. The number of hydrogen-bond donors (Lipinski definition) is 1. The molecule has 0 amide bonds. The predicted octanol–water partition coefficient (Wildman–Crippen LogP) is 2.35. The fourth-order valence-corrected chi connectivity index (χ4v) is 1.55. The van der Waals surface area contributed by atoms with Gasteiger partial charge in [0.2, 0.25) is 0 Å². The Kier molecular flexibility index (Phi) is 4.12. The highest BCUT2D eigenvalue weighted by Crippen LogP contribution is 2.07. The van der Waals surface area contributed by atoms with Gasteiger partial charge in [0.1, 0.15) is 0 Å². The monoisotopic (exact) mass is 168 g/mol. The number of nitrogens with zero attached hydrogens (tertiary/aromatic N) is 1. The van der Waals surface area contributed by atoms with Gasteiger partial charge in [0.05, 0.1) is 12.4 Å². The Balaban J connectivity index is 2.13. The Bertz CT molecular complexity index is 152. The fraction of sp³-hybridized carbons (Fsp3) is 0.900. The highest BCUT2D eigenvalue weighted by molar-refractivity contribution is 5.83. The maximum atomic E-state index is 4.47. The zero-order valence-corrected chi connectivity index (χ0v) is 8.27. The summed E-state index contributed by atoms with van der Waals surface area (Å²) in [5.74, 6) is 1.23. The van der Waals surface area contributed by atoms with Crippen molar-refractivity contribution in [2.45, 2.75) is 52.0 Å². The molecule has 0 aromatic carbocycles. The zero-order chi connectivity index (χ0) is 8.81. The van der Waals surface area contributed by atoms with Crippen LogP contribution in [-0.2, 0) is 0 Å². The quantitative estimate of drug-likeness (QED) is 0.669. The van der Waals surface area contributed by atoms with Crippen LogP contribution in [0.1, 0.15) is 46.0 Å². The van der Waals surface area contributed by atoms with Gasteiger partial charge < -0.3 is 5.32 Å². The highest BCUT2D eigenvalue weighted by atomic mass is 15.1. The summed E-state index contributed by atoms with van der Waals surface area (Å²) in [5, 5.41) is 3.48. The van der Waals surface area contributed by atoms with E-state index in [1.165, 1.54) is 31.5 Å². The van der Waals surface area contributed by atoms with Crippen LogP contribution in [0.25, 0.3) is 0 Å². The van der Waals surface area contributed by atoms with Crippen molar-refractivity contribution >= 4 is 5.84 Å². The molecule has 0 aliphatic carbocycles. The lowest BCUT2D eigenvalue weighted by Gasteiger charge is -2.10. The molecule has 0 saturated heterocycles. The van der Waals surface area contributed by atoms with E-state index in [2.05, 4.69) is 24.2 Å². The van der Waals surface area contributed by atoms with E-state index in [4.69, 9.17) is 0 Å². The van der Waals surface area contributed by atoms with Gasteiger partial charge in [-0.25, -0.2) is 0 Å². The highest BCUT2D eigenvalue weighted by Gasteiger charge is 2.14. The Morgan fingerprint density at radius 3 is 2.92 bits per heavy atom. The summed E-state index contributed by atoms with van der Waals surface area (Å²) in [6.45, 7) is 5.45. The van der Waals surface area contributed by atoms with Crippen LogP contribution < -0.4 is 5.32 Å². The zero-order valence-electron chi connectivity index (χ0n) is 8.27. The molecule has 0 radical (unpaired) electrons. The van der Waals surface area contributed by atoms with Crippen molar-refractivity contribution in [1.82, 2.24) is 5.32 Å². The molecule has 1 rings (SSSR count). The first-order valence-electron chi connectivity index (χ1n) is 5.16. The second-order valence-corrected chi connectivity index (χ2v) is 3.52. The molecule has 2 heteroatoms. The van der Waals surface area contributed by atoms with Crippen LogP contribution in [0.5, 0.6) is 0 Å². The lowest BCUT2D eigenvalue weighted by Crippen LogP contribution is -2.29. The van der Waals surface area contributed by atoms with E-state index in [9.17, 15) is 0 Å². The molecule has 1 aliphatic heterocycles. The van der Waals surface area contributed by atoms with Crippen molar-refractivity contribution in [3.63, 3.8) is 0 Å². The summed E-state index contributed by atoms with van der Waals surface area (Å²) in [6, 6.07) is 0.645. The second kappa shape index (κ2) is 5.18. The third-order valence-corrected chi connectivity index (χ3v) is 2.27. The van der Waals surface area contributed by atoms with Crippen molar-refractivity contribution in [3.05, 3.63) is 0 Å². The molecular formula is C10H20N2. The van der Waals surface area contributed by atoms with E-state index < -0.39 is 0 Å². The van der Waals surface area contributed by atoms with Gasteiger partial charge in [-0.1, -0.05) is 26.7 Å². The third-order valence-electron chi connectivity index (χ3n) is 2.27. The molecular weight excluding hydrogens is 148 g/mol. The number of hydrogen-bond acceptors (Lipinski definition) is 2. The van der Waals surface area contributed by atoms with Gasteiger partial charge >= 0.3 is 0 Å². The molecule has 1 N–H and O–H groups in total. The Hall–Kier alpha value is -0.530. The molecule has 2 nitrogen and oxygen atoms in total. The minimum Gasteiger partial charge on any atom is -0.369 e. The van der Waals surface area contributed by atoms with Gasteiger partial charge in [-0.3, -0.25) is 4.99 Å². The van der Waals surface area contributed by atoms with Crippen LogP contribution in [0, 0.1) is 0 Å². The first kappa shape index (κ1) is 9.56. The lowest BCUT2D eigenvalue weighted by molar-refractivity contribution is 0.564. The summed E-state index contributed by atoms with van der Waals surface area (Å²) in [4.78, 5) is 4.47. The van der Waals surface area contributed by atoms with Gasteiger partial charge in [-0.2, -0.15) is 0 Å². The summed E-state index contributed by atoms with van der Waals surface area (Å²) >= 11 is 0. The average Bonchev–Trinajstić information content (AvgIpc) is 2.50. The molecule has 0 aromatic heterocycles. The van der Waals surface area contributed by atoms with E-state index in [0.717, 1.165) is 13.0 Å². The topological polar surface area (TPSA) is 24.4 Å². The van der Waals surface area contributed by atoms with E-state index in [1.807, 2.05) is 0 Å².